The number of imidazole rings is 1. The molecule has 1 aliphatic rings. The van der Waals surface area contributed by atoms with Crippen LogP contribution in [0.15, 0.2) is 60.8 Å². The maximum absolute atomic E-state index is 12.6. The lowest BCUT2D eigenvalue weighted by Crippen LogP contribution is -2.48. The molecule has 1 amide bonds. The molecular formula is C25H31N5O2. The van der Waals surface area contributed by atoms with Crippen molar-refractivity contribution in [3.05, 3.63) is 66.6 Å². The van der Waals surface area contributed by atoms with Crippen LogP contribution in [0.25, 0.3) is 11.3 Å². The van der Waals surface area contributed by atoms with Crippen molar-refractivity contribution in [2.24, 2.45) is 0 Å². The third-order valence-corrected chi connectivity index (χ3v) is 6.02. The zero-order valence-corrected chi connectivity index (χ0v) is 18.8. The molecule has 2 aromatic carbocycles. The molecule has 7 nitrogen and oxygen atoms in total. The molecule has 168 valence electrons. The van der Waals surface area contributed by atoms with Crippen LogP contribution in [0.3, 0.4) is 0 Å². The average Bonchev–Trinajstić information content (AvgIpc) is 3.35. The van der Waals surface area contributed by atoms with Crippen LogP contribution >= 0.6 is 0 Å². The third-order valence-electron chi connectivity index (χ3n) is 6.02. The number of nitrogens with one attached hydrogen (secondary N) is 2. The second kappa shape index (κ2) is 10.3. The fourth-order valence-corrected chi connectivity index (χ4v) is 3.96. The van der Waals surface area contributed by atoms with Gasteiger partial charge in [-0.25, -0.2) is 4.98 Å². The van der Waals surface area contributed by atoms with E-state index in [-0.39, 0.29) is 11.8 Å². The van der Waals surface area contributed by atoms with Crippen LogP contribution in [0.4, 0.5) is 5.69 Å². The second-order valence-corrected chi connectivity index (χ2v) is 8.09. The Morgan fingerprint density at radius 3 is 2.50 bits per heavy atom. The Labute approximate surface area is 189 Å². The number of carbonyl (C=O) groups is 1. The van der Waals surface area contributed by atoms with Crippen LogP contribution in [0.5, 0.6) is 5.75 Å². The first-order valence-corrected chi connectivity index (χ1v) is 11.1. The van der Waals surface area contributed by atoms with Crippen LogP contribution in [-0.2, 0) is 4.79 Å². The van der Waals surface area contributed by atoms with Gasteiger partial charge >= 0.3 is 0 Å². The van der Waals surface area contributed by atoms with Crippen LogP contribution in [0, 0.1) is 0 Å². The lowest BCUT2D eigenvalue weighted by atomic mass is 10.1. The van der Waals surface area contributed by atoms with Crippen molar-refractivity contribution < 1.29 is 9.53 Å². The van der Waals surface area contributed by atoms with E-state index < -0.39 is 0 Å². The lowest BCUT2D eigenvalue weighted by molar-refractivity contribution is -0.122. The Balaban J connectivity index is 1.20. The molecule has 2 N–H and O–H groups in total. The Bertz CT molecular complexity index is 995. The van der Waals surface area contributed by atoms with Crippen molar-refractivity contribution in [3.63, 3.8) is 0 Å². The summed E-state index contributed by atoms with van der Waals surface area (Å²) in [4.78, 5) is 25.1. The van der Waals surface area contributed by atoms with Gasteiger partial charge < -0.3 is 19.9 Å². The van der Waals surface area contributed by atoms with Gasteiger partial charge in [-0.3, -0.25) is 9.69 Å². The number of aromatic nitrogens is 2. The maximum Gasteiger partial charge on any atom is 0.230 e. The Kier molecular flexibility index (Phi) is 7.07. The predicted octanol–water partition coefficient (Wildman–Crippen LogP) is 3.13. The van der Waals surface area contributed by atoms with E-state index in [4.69, 9.17) is 4.74 Å². The minimum Gasteiger partial charge on any atom is -0.497 e. The summed E-state index contributed by atoms with van der Waals surface area (Å²) in [6, 6.07) is 18.2. The molecule has 0 spiro atoms. The number of H-pyrrole nitrogens is 1. The highest BCUT2D eigenvalue weighted by Crippen LogP contribution is 2.21. The number of amides is 1. The molecule has 1 aromatic heterocycles. The normalized spacial score (nSPS) is 15.4. The number of nitrogens with zero attached hydrogens (tertiary/aromatic N) is 3. The monoisotopic (exact) mass is 433 g/mol. The zero-order chi connectivity index (χ0) is 22.3. The molecule has 1 atom stereocenters. The van der Waals surface area contributed by atoms with E-state index in [1.54, 1.807) is 13.3 Å². The van der Waals surface area contributed by atoms with Crippen LogP contribution in [-0.4, -0.2) is 67.2 Å². The van der Waals surface area contributed by atoms with Crippen molar-refractivity contribution in [2.75, 3.05) is 51.3 Å². The van der Waals surface area contributed by atoms with Gasteiger partial charge in [-0.15, -0.1) is 0 Å². The van der Waals surface area contributed by atoms with Crippen LogP contribution in [0.1, 0.15) is 18.7 Å². The summed E-state index contributed by atoms with van der Waals surface area (Å²) in [5.41, 5.74) is 3.21. The fourth-order valence-electron chi connectivity index (χ4n) is 3.96. The van der Waals surface area contributed by atoms with Gasteiger partial charge in [0.05, 0.1) is 24.9 Å². The van der Waals surface area contributed by atoms with Crippen molar-refractivity contribution in [1.29, 1.82) is 0 Å². The molecule has 1 saturated heterocycles. The standard InChI is InChI=1S/C25H31N5O2/c1-19(24-27-18-23(28-24)20-6-4-3-5-7-20)25(31)26-12-13-29-14-16-30(17-15-29)21-8-10-22(32-2)11-9-21/h3-11,18-19H,12-17H2,1-2H3,(H,26,31)(H,27,28). The number of hydrogen-bond donors (Lipinski definition) is 2. The van der Waals surface area contributed by atoms with E-state index in [1.165, 1.54) is 5.69 Å². The predicted molar refractivity (Wildman–Crippen MR) is 127 cm³/mol. The molecule has 1 unspecified atom stereocenters. The van der Waals surface area contributed by atoms with Gasteiger partial charge in [-0.05, 0) is 36.8 Å². The molecular weight excluding hydrogens is 402 g/mol. The number of anilines is 1. The quantitative estimate of drug-likeness (QED) is 0.571. The highest BCUT2D eigenvalue weighted by molar-refractivity contribution is 5.82. The summed E-state index contributed by atoms with van der Waals surface area (Å²) < 4.78 is 5.24. The molecule has 4 rings (SSSR count). The minimum atomic E-state index is -0.320. The summed E-state index contributed by atoms with van der Waals surface area (Å²) >= 11 is 0. The van der Waals surface area contributed by atoms with Crippen molar-refractivity contribution in [3.8, 4) is 17.0 Å². The molecule has 0 aliphatic carbocycles. The SMILES string of the molecule is COc1ccc(N2CCN(CCNC(=O)C(C)c3ncc(-c4ccccc4)[nH]3)CC2)cc1. The molecule has 2 heterocycles. The second-order valence-electron chi connectivity index (χ2n) is 8.09. The summed E-state index contributed by atoms with van der Waals surface area (Å²) in [7, 11) is 1.68. The number of carbonyl (C=O) groups excluding carboxylic acids is 1. The Morgan fingerprint density at radius 1 is 1.09 bits per heavy atom. The van der Waals surface area contributed by atoms with Gasteiger partial charge in [0.25, 0.3) is 0 Å². The summed E-state index contributed by atoms with van der Waals surface area (Å²) in [6.07, 6.45) is 1.79. The summed E-state index contributed by atoms with van der Waals surface area (Å²) in [5, 5.41) is 3.06. The van der Waals surface area contributed by atoms with Crippen molar-refractivity contribution in [2.45, 2.75) is 12.8 Å². The van der Waals surface area contributed by atoms with Gasteiger partial charge in [0, 0.05) is 45.0 Å². The lowest BCUT2D eigenvalue weighted by Gasteiger charge is -2.36. The van der Waals surface area contributed by atoms with Gasteiger partial charge in [0.2, 0.25) is 5.91 Å². The van der Waals surface area contributed by atoms with E-state index in [2.05, 4.69) is 37.2 Å². The zero-order valence-electron chi connectivity index (χ0n) is 18.8. The maximum atomic E-state index is 12.6. The van der Waals surface area contributed by atoms with Crippen molar-refractivity contribution in [1.82, 2.24) is 20.2 Å². The van der Waals surface area contributed by atoms with E-state index in [1.807, 2.05) is 49.4 Å². The van der Waals surface area contributed by atoms with E-state index in [0.717, 1.165) is 49.7 Å². The Morgan fingerprint density at radius 2 is 1.81 bits per heavy atom. The minimum absolute atomic E-state index is 0.00386. The number of rotatable bonds is 8. The van der Waals surface area contributed by atoms with Crippen LogP contribution < -0.4 is 15.0 Å². The smallest absolute Gasteiger partial charge is 0.230 e. The number of methoxy groups -OCH3 is 1. The highest BCUT2D eigenvalue weighted by Gasteiger charge is 2.20. The first-order chi connectivity index (χ1) is 15.6. The van der Waals surface area contributed by atoms with E-state index in [9.17, 15) is 4.79 Å². The molecule has 1 fully saturated rings. The fraction of sp³-hybridized carbons (Fsp3) is 0.360. The van der Waals surface area contributed by atoms with E-state index in [0.29, 0.717) is 12.4 Å². The average molecular weight is 434 g/mol. The number of hydrogen-bond acceptors (Lipinski definition) is 5. The molecule has 0 radical (unpaired) electrons. The number of aromatic amines is 1. The largest absolute Gasteiger partial charge is 0.497 e. The molecule has 32 heavy (non-hydrogen) atoms. The van der Waals surface area contributed by atoms with Gasteiger partial charge in [0.1, 0.15) is 11.6 Å². The van der Waals surface area contributed by atoms with Crippen LogP contribution in [0.2, 0.25) is 0 Å². The number of benzene rings is 2. The molecule has 0 bridgehead atoms. The third kappa shape index (κ3) is 5.29. The Hall–Kier alpha value is -3.32. The number of piperazine rings is 1. The molecule has 1 aliphatic heterocycles. The summed E-state index contributed by atoms with van der Waals surface area (Å²) in [6.45, 7) is 7.29. The van der Waals surface area contributed by atoms with E-state index >= 15 is 0 Å². The molecule has 7 heteroatoms. The number of ether oxygens (including phenoxy) is 1. The molecule has 0 saturated carbocycles. The molecule has 3 aromatic rings. The van der Waals surface area contributed by atoms with Crippen molar-refractivity contribution >= 4 is 11.6 Å². The van der Waals surface area contributed by atoms with Gasteiger partial charge in [-0.2, -0.15) is 0 Å². The van der Waals surface area contributed by atoms with Gasteiger partial charge in [-0.1, -0.05) is 30.3 Å². The topological polar surface area (TPSA) is 73.5 Å². The first kappa shape index (κ1) is 21.9. The van der Waals surface area contributed by atoms with Gasteiger partial charge in [0.15, 0.2) is 0 Å². The highest BCUT2D eigenvalue weighted by atomic mass is 16.5. The first-order valence-electron chi connectivity index (χ1n) is 11.1. The summed E-state index contributed by atoms with van der Waals surface area (Å²) in [5.74, 6) is 1.24.